The Morgan fingerprint density at radius 1 is 0.659 bits per heavy atom. The number of rotatable bonds is 13. The van der Waals surface area contributed by atoms with E-state index in [0.717, 1.165) is 39.5 Å². The average Bonchev–Trinajstić information content (AvgIpc) is 3.02. The van der Waals surface area contributed by atoms with Crippen LogP contribution in [0.3, 0.4) is 0 Å². The van der Waals surface area contributed by atoms with Gasteiger partial charge in [0.15, 0.2) is 6.10 Å². The molecule has 0 aliphatic carbocycles. The highest BCUT2D eigenvalue weighted by molar-refractivity contribution is 5.89. The van der Waals surface area contributed by atoms with Crippen LogP contribution in [0.5, 0.6) is 17.2 Å². The molecule has 0 radical (unpaired) electrons. The molecular formula is C38H43NO5. The van der Waals surface area contributed by atoms with Gasteiger partial charge in [0, 0.05) is 6.04 Å². The minimum Gasteiger partial charge on any atom is -0.497 e. The van der Waals surface area contributed by atoms with Gasteiger partial charge in [-0.3, -0.25) is 4.79 Å². The fourth-order valence-electron chi connectivity index (χ4n) is 5.76. The highest BCUT2D eigenvalue weighted by Crippen LogP contribution is 2.33. The second-order valence-electron chi connectivity index (χ2n) is 12.4. The smallest absolute Gasteiger partial charge is 0.254 e. The molecule has 5 rings (SSSR count). The summed E-state index contributed by atoms with van der Waals surface area (Å²) in [5, 5.41) is 0. The Bertz CT molecular complexity index is 1430. The molecule has 1 aliphatic heterocycles. The van der Waals surface area contributed by atoms with Gasteiger partial charge in [-0.25, -0.2) is 0 Å². The largest absolute Gasteiger partial charge is 0.497 e. The number of hydrogen-bond donors (Lipinski definition) is 0. The first-order valence-electron chi connectivity index (χ1n) is 15.2. The van der Waals surface area contributed by atoms with Gasteiger partial charge in [0.1, 0.15) is 22.8 Å². The fraction of sp³-hybridized carbons (Fsp3) is 0.342. The Morgan fingerprint density at radius 3 is 1.66 bits per heavy atom. The van der Waals surface area contributed by atoms with Crippen molar-refractivity contribution in [2.24, 2.45) is 0 Å². The molecule has 1 aliphatic rings. The van der Waals surface area contributed by atoms with Crippen LogP contribution in [0, 0.1) is 0 Å². The maximum absolute atomic E-state index is 14.0. The maximum atomic E-state index is 14.0. The van der Waals surface area contributed by atoms with Gasteiger partial charge in [0.25, 0.3) is 5.91 Å². The van der Waals surface area contributed by atoms with E-state index in [2.05, 4.69) is 41.3 Å². The maximum Gasteiger partial charge on any atom is 0.254 e. The molecule has 0 bridgehead atoms. The van der Waals surface area contributed by atoms with E-state index < -0.39 is 6.10 Å². The lowest BCUT2D eigenvalue weighted by molar-refractivity contribution is -0.181. The van der Waals surface area contributed by atoms with Crippen LogP contribution in [-0.2, 0) is 35.4 Å². The Balaban J connectivity index is 1.42. The molecular weight excluding hydrogens is 550 g/mol. The van der Waals surface area contributed by atoms with Gasteiger partial charge in [-0.2, -0.15) is 0 Å². The summed E-state index contributed by atoms with van der Waals surface area (Å²) in [6.07, 6.45) is 1.59. The quantitative estimate of drug-likeness (QED) is 0.155. The van der Waals surface area contributed by atoms with Gasteiger partial charge in [0.2, 0.25) is 0 Å². The molecule has 0 spiro atoms. The molecule has 4 aromatic carbocycles. The lowest BCUT2D eigenvalue weighted by Crippen LogP contribution is -2.70. The van der Waals surface area contributed by atoms with Gasteiger partial charge in [0.05, 0.1) is 26.9 Å². The minimum atomic E-state index is -0.519. The van der Waals surface area contributed by atoms with Crippen molar-refractivity contribution in [3.8, 4) is 17.2 Å². The second kappa shape index (κ2) is 14.0. The molecule has 1 fully saturated rings. The van der Waals surface area contributed by atoms with E-state index in [1.165, 1.54) is 0 Å². The normalized spacial score (nSPS) is 16.5. The molecule has 6 nitrogen and oxygen atoms in total. The number of β-lactam (4-membered cyclic amide) rings is 1. The number of carbonyl (C=O) groups is 1. The van der Waals surface area contributed by atoms with Crippen LogP contribution in [0.4, 0.5) is 0 Å². The van der Waals surface area contributed by atoms with E-state index in [4.69, 9.17) is 18.9 Å². The number of nitrogens with zero attached hydrogens (tertiary/aromatic N) is 1. The van der Waals surface area contributed by atoms with Gasteiger partial charge in [-0.1, -0.05) is 66.7 Å². The Labute approximate surface area is 261 Å². The number of benzene rings is 4. The van der Waals surface area contributed by atoms with Gasteiger partial charge in [-0.05, 0) is 98.7 Å². The zero-order valence-electron chi connectivity index (χ0n) is 26.4. The van der Waals surface area contributed by atoms with Crippen molar-refractivity contribution in [1.29, 1.82) is 0 Å². The van der Waals surface area contributed by atoms with Crippen LogP contribution < -0.4 is 14.2 Å². The number of methoxy groups -OCH3 is 2. The van der Waals surface area contributed by atoms with Crippen LogP contribution in [0.25, 0.3) is 0 Å². The Kier molecular flexibility index (Phi) is 9.91. The summed E-state index contributed by atoms with van der Waals surface area (Å²) in [7, 11) is 3.34. The molecule has 0 N–H and O–H groups in total. The third kappa shape index (κ3) is 8.00. The molecule has 0 saturated carbocycles. The highest BCUT2D eigenvalue weighted by atomic mass is 16.5. The first-order chi connectivity index (χ1) is 21.2. The summed E-state index contributed by atoms with van der Waals surface area (Å²) in [6.45, 7) is 6.51. The summed E-state index contributed by atoms with van der Waals surface area (Å²) in [5.74, 6) is 2.49. The molecule has 1 amide bonds. The third-order valence-corrected chi connectivity index (χ3v) is 7.92. The third-order valence-electron chi connectivity index (χ3n) is 7.92. The Hall–Kier alpha value is -4.29. The second-order valence-corrected chi connectivity index (χ2v) is 12.4. The van der Waals surface area contributed by atoms with Gasteiger partial charge in [-0.15, -0.1) is 0 Å². The van der Waals surface area contributed by atoms with E-state index >= 15 is 0 Å². The molecule has 2 unspecified atom stereocenters. The van der Waals surface area contributed by atoms with Crippen molar-refractivity contribution in [2.45, 2.75) is 70.4 Å². The summed E-state index contributed by atoms with van der Waals surface area (Å²) in [4.78, 5) is 16.0. The van der Waals surface area contributed by atoms with E-state index in [-0.39, 0.29) is 23.6 Å². The predicted octanol–water partition coefficient (Wildman–Crippen LogP) is 7.07. The summed E-state index contributed by atoms with van der Waals surface area (Å²) in [6, 6.07) is 34.3. The van der Waals surface area contributed by atoms with E-state index in [1.807, 2.05) is 87.5 Å². The molecule has 1 saturated heterocycles. The number of ether oxygens (including phenoxy) is 4. The minimum absolute atomic E-state index is 0.0330. The number of hydrogen-bond acceptors (Lipinski definition) is 5. The Morgan fingerprint density at radius 2 is 1.16 bits per heavy atom. The van der Waals surface area contributed by atoms with Crippen molar-refractivity contribution in [2.75, 3.05) is 14.2 Å². The first-order valence-corrected chi connectivity index (χ1v) is 15.2. The zero-order chi connectivity index (χ0) is 31.1. The number of amides is 1. The molecule has 2 atom stereocenters. The molecule has 6 heteroatoms. The highest BCUT2D eigenvalue weighted by Gasteiger charge is 2.50. The molecule has 44 heavy (non-hydrogen) atoms. The molecule has 230 valence electrons. The average molecular weight is 594 g/mol. The van der Waals surface area contributed by atoms with Crippen molar-refractivity contribution < 1.29 is 23.7 Å². The summed E-state index contributed by atoms with van der Waals surface area (Å²) >= 11 is 0. The van der Waals surface area contributed by atoms with E-state index in [1.54, 1.807) is 14.2 Å². The molecule has 4 aromatic rings. The standard InChI is InChI=1S/C38H43NO5/c1-38(2,3)44-34-21-15-29(16-22-34)25-35-36(43-26-30-9-7-6-8-10-30)37(40)39(35)31(23-27-11-17-32(41-4)18-12-27)24-28-13-19-33(42-5)20-14-28/h6-22,31,35-36H,23-26H2,1-5H3. The topological polar surface area (TPSA) is 57.2 Å². The summed E-state index contributed by atoms with van der Waals surface area (Å²) in [5.41, 5.74) is 4.20. The van der Waals surface area contributed by atoms with Crippen molar-refractivity contribution in [1.82, 2.24) is 4.90 Å². The number of carbonyl (C=O) groups excluding carboxylic acids is 1. The van der Waals surface area contributed by atoms with Crippen LogP contribution in [0.15, 0.2) is 103 Å². The predicted molar refractivity (Wildman–Crippen MR) is 173 cm³/mol. The number of likely N-dealkylation sites (tertiary alicyclic amines) is 1. The van der Waals surface area contributed by atoms with Crippen molar-refractivity contribution in [3.05, 3.63) is 125 Å². The zero-order valence-corrected chi connectivity index (χ0v) is 26.4. The monoisotopic (exact) mass is 593 g/mol. The van der Waals surface area contributed by atoms with Gasteiger partial charge < -0.3 is 23.8 Å². The SMILES string of the molecule is COc1ccc(CC(Cc2ccc(OC)cc2)N2C(=O)C(OCc3ccccc3)C2Cc2ccc(OC(C)(C)C)cc2)cc1. The van der Waals surface area contributed by atoms with Crippen LogP contribution in [0.1, 0.15) is 43.0 Å². The van der Waals surface area contributed by atoms with Crippen molar-refractivity contribution in [3.63, 3.8) is 0 Å². The lowest BCUT2D eigenvalue weighted by atomic mass is 9.85. The van der Waals surface area contributed by atoms with Crippen molar-refractivity contribution >= 4 is 5.91 Å². The van der Waals surface area contributed by atoms with E-state index in [0.29, 0.717) is 25.9 Å². The lowest BCUT2D eigenvalue weighted by Gasteiger charge is -2.51. The van der Waals surface area contributed by atoms with Gasteiger partial charge >= 0.3 is 0 Å². The molecule has 0 aromatic heterocycles. The fourth-order valence-corrected chi connectivity index (χ4v) is 5.76. The molecule has 1 heterocycles. The van der Waals surface area contributed by atoms with Crippen LogP contribution >= 0.6 is 0 Å². The van der Waals surface area contributed by atoms with E-state index in [9.17, 15) is 4.79 Å². The van der Waals surface area contributed by atoms with Crippen LogP contribution in [-0.4, -0.2) is 48.8 Å². The van der Waals surface area contributed by atoms with Crippen LogP contribution in [0.2, 0.25) is 0 Å². The summed E-state index contributed by atoms with van der Waals surface area (Å²) < 4.78 is 23.2. The first kappa shape index (κ1) is 31.1.